The third-order valence-corrected chi connectivity index (χ3v) is 3.68. The highest BCUT2D eigenvalue weighted by atomic mass is 32.2. The lowest BCUT2D eigenvalue weighted by molar-refractivity contribution is -0.274. The first kappa shape index (κ1) is 15.3. The topological polar surface area (TPSA) is 97.0 Å². The molecule has 2 aromatic rings. The van der Waals surface area contributed by atoms with Crippen molar-refractivity contribution in [1.29, 1.82) is 0 Å². The van der Waals surface area contributed by atoms with Crippen molar-refractivity contribution in [2.24, 2.45) is 0 Å². The van der Waals surface area contributed by atoms with Gasteiger partial charge in [-0.25, -0.2) is 18.1 Å². The van der Waals surface area contributed by atoms with Gasteiger partial charge in [-0.2, -0.15) is 5.10 Å². The molecule has 0 saturated carbocycles. The maximum Gasteiger partial charge on any atom is 0.573 e. The number of rotatable bonds is 5. The summed E-state index contributed by atoms with van der Waals surface area (Å²) in [7, 11) is -3.87. The average Bonchev–Trinajstić information content (AvgIpc) is 2.88. The van der Waals surface area contributed by atoms with E-state index in [4.69, 9.17) is 0 Å². The van der Waals surface area contributed by atoms with Crippen molar-refractivity contribution in [2.75, 3.05) is 0 Å². The van der Waals surface area contributed by atoms with Gasteiger partial charge in [0.05, 0.1) is 11.4 Å². The maximum absolute atomic E-state index is 12.0. The van der Waals surface area contributed by atoms with Gasteiger partial charge in [0.25, 0.3) is 0 Å². The van der Waals surface area contributed by atoms with Crippen LogP contribution in [0.1, 0.15) is 5.82 Å². The average molecular weight is 322 g/mol. The zero-order valence-corrected chi connectivity index (χ0v) is 11.1. The van der Waals surface area contributed by atoms with E-state index in [0.717, 1.165) is 24.3 Å². The number of sulfonamides is 1. The van der Waals surface area contributed by atoms with E-state index >= 15 is 0 Å². The number of halogens is 3. The van der Waals surface area contributed by atoms with Gasteiger partial charge in [0.1, 0.15) is 17.9 Å². The van der Waals surface area contributed by atoms with Gasteiger partial charge in [-0.3, -0.25) is 5.10 Å². The van der Waals surface area contributed by atoms with E-state index in [1.54, 1.807) is 0 Å². The summed E-state index contributed by atoms with van der Waals surface area (Å²) in [5, 5.41) is 6.01. The number of benzene rings is 1. The van der Waals surface area contributed by atoms with Crippen LogP contribution in [0.25, 0.3) is 0 Å². The van der Waals surface area contributed by atoms with Crippen molar-refractivity contribution < 1.29 is 26.3 Å². The highest BCUT2D eigenvalue weighted by molar-refractivity contribution is 7.89. The summed E-state index contributed by atoms with van der Waals surface area (Å²) >= 11 is 0. The van der Waals surface area contributed by atoms with Gasteiger partial charge in [0, 0.05) is 0 Å². The van der Waals surface area contributed by atoms with Crippen molar-refractivity contribution in [3.05, 3.63) is 36.4 Å². The number of alkyl halides is 3. The summed E-state index contributed by atoms with van der Waals surface area (Å²) in [5.41, 5.74) is 0. The van der Waals surface area contributed by atoms with Crippen molar-refractivity contribution in [3.63, 3.8) is 0 Å². The van der Waals surface area contributed by atoms with Gasteiger partial charge in [0.2, 0.25) is 10.0 Å². The normalized spacial score (nSPS) is 12.3. The molecule has 0 spiro atoms. The molecule has 114 valence electrons. The van der Waals surface area contributed by atoms with Gasteiger partial charge in [0.15, 0.2) is 0 Å². The third kappa shape index (κ3) is 4.43. The molecule has 11 heteroatoms. The summed E-state index contributed by atoms with van der Waals surface area (Å²) in [5.74, 6) is -0.202. The first-order valence-electron chi connectivity index (χ1n) is 5.46. The van der Waals surface area contributed by atoms with E-state index in [-0.39, 0.29) is 11.4 Å². The Bertz CT molecular complexity index is 683. The van der Waals surface area contributed by atoms with Gasteiger partial charge >= 0.3 is 6.36 Å². The molecular formula is C10H9F3N4O3S. The second kappa shape index (κ2) is 5.69. The SMILES string of the molecule is O=S(=O)(NCc1ncn[nH]1)c1ccc(OC(F)(F)F)cc1. The van der Waals surface area contributed by atoms with Crippen LogP contribution in [0.2, 0.25) is 0 Å². The number of aromatic nitrogens is 3. The molecule has 0 saturated heterocycles. The molecule has 0 amide bonds. The van der Waals surface area contributed by atoms with Crippen LogP contribution in [0.3, 0.4) is 0 Å². The predicted molar refractivity (Wildman–Crippen MR) is 63.5 cm³/mol. The second-order valence-corrected chi connectivity index (χ2v) is 5.54. The van der Waals surface area contributed by atoms with Crippen LogP contribution >= 0.6 is 0 Å². The summed E-state index contributed by atoms with van der Waals surface area (Å²) < 4.78 is 65.6. The Hall–Kier alpha value is -2.14. The van der Waals surface area contributed by atoms with Crippen LogP contribution in [0.15, 0.2) is 35.5 Å². The van der Waals surface area contributed by atoms with Crippen LogP contribution in [0.4, 0.5) is 13.2 Å². The molecule has 1 heterocycles. The van der Waals surface area contributed by atoms with E-state index in [2.05, 4.69) is 24.6 Å². The number of hydrogen-bond donors (Lipinski definition) is 2. The first-order valence-corrected chi connectivity index (χ1v) is 6.94. The van der Waals surface area contributed by atoms with Crippen LogP contribution < -0.4 is 9.46 Å². The van der Waals surface area contributed by atoms with E-state index in [1.165, 1.54) is 6.33 Å². The van der Waals surface area contributed by atoms with E-state index in [9.17, 15) is 21.6 Å². The van der Waals surface area contributed by atoms with Gasteiger partial charge in [-0.15, -0.1) is 13.2 Å². The predicted octanol–water partition coefficient (Wildman–Crippen LogP) is 1.18. The first-order chi connectivity index (χ1) is 9.76. The minimum atomic E-state index is -4.83. The molecule has 0 atom stereocenters. The zero-order valence-electron chi connectivity index (χ0n) is 10.3. The van der Waals surface area contributed by atoms with Crippen LogP contribution in [-0.2, 0) is 16.6 Å². The van der Waals surface area contributed by atoms with Gasteiger partial charge in [-0.05, 0) is 24.3 Å². The minimum absolute atomic E-state index is 0.122. The number of hydrogen-bond acceptors (Lipinski definition) is 5. The van der Waals surface area contributed by atoms with Gasteiger partial charge in [-0.1, -0.05) is 0 Å². The number of nitrogens with zero attached hydrogens (tertiary/aromatic N) is 2. The lowest BCUT2D eigenvalue weighted by Crippen LogP contribution is -2.24. The van der Waals surface area contributed by atoms with E-state index < -0.39 is 22.1 Å². The van der Waals surface area contributed by atoms with Crippen LogP contribution in [0, 0.1) is 0 Å². The summed E-state index contributed by atoms with van der Waals surface area (Å²) in [4.78, 5) is 3.53. The molecule has 0 aliphatic rings. The molecule has 2 N–H and O–H groups in total. The molecule has 0 radical (unpaired) electrons. The maximum atomic E-state index is 12.0. The molecule has 0 fully saturated rings. The fourth-order valence-corrected chi connectivity index (χ4v) is 2.37. The van der Waals surface area contributed by atoms with E-state index in [1.807, 2.05) is 0 Å². The lowest BCUT2D eigenvalue weighted by atomic mass is 10.3. The van der Waals surface area contributed by atoms with Crippen molar-refractivity contribution in [2.45, 2.75) is 17.8 Å². The molecule has 0 unspecified atom stereocenters. The van der Waals surface area contributed by atoms with Crippen molar-refractivity contribution in [3.8, 4) is 5.75 Å². The van der Waals surface area contributed by atoms with Crippen molar-refractivity contribution >= 4 is 10.0 Å². The molecule has 0 aliphatic heterocycles. The Morgan fingerprint density at radius 3 is 2.43 bits per heavy atom. The largest absolute Gasteiger partial charge is 0.573 e. The summed E-state index contributed by atoms with van der Waals surface area (Å²) in [6.07, 6.45) is -3.61. The molecule has 1 aromatic carbocycles. The quantitative estimate of drug-likeness (QED) is 0.861. The fraction of sp³-hybridized carbons (Fsp3) is 0.200. The molecule has 21 heavy (non-hydrogen) atoms. The van der Waals surface area contributed by atoms with E-state index in [0.29, 0.717) is 5.82 Å². The molecule has 1 aromatic heterocycles. The highest BCUT2D eigenvalue weighted by Crippen LogP contribution is 2.23. The summed E-state index contributed by atoms with van der Waals surface area (Å²) in [6.45, 7) is -0.122. The Morgan fingerprint density at radius 2 is 1.90 bits per heavy atom. The monoisotopic (exact) mass is 322 g/mol. The Balaban J connectivity index is 2.06. The fourth-order valence-electron chi connectivity index (χ4n) is 1.38. The third-order valence-electron chi connectivity index (χ3n) is 2.26. The molecule has 7 nitrogen and oxygen atoms in total. The smallest absolute Gasteiger partial charge is 0.406 e. The number of aromatic amines is 1. The number of H-pyrrole nitrogens is 1. The Kier molecular flexibility index (Phi) is 4.14. The molecule has 0 bridgehead atoms. The molecule has 0 aliphatic carbocycles. The highest BCUT2D eigenvalue weighted by Gasteiger charge is 2.31. The van der Waals surface area contributed by atoms with Crippen LogP contribution in [-0.4, -0.2) is 30.0 Å². The lowest BCUT2D eigenvalue weighted by Gasteiger charge is -2.09. The van der Waals surface area contributed by atoms with Crippen molar-refractivity contribution in [1.82, 2.24) is 19.9 Å². The Labute approximate surface area is 117 Å². The van der Waals surface area contributed by atoms with Gasteiger partial charge < -0.3 is 4.74 Å². The molecular weight excluding hydrogens is 313 g/mol. The second-order valence-electron chi connectivity index (χ2n) is 3.78. The zero-order chi connectivity index (χ0) is 15.5. The minimum Gasteiger partial charge on any atom is -0.406 e. The summed E-state index contributed by atoms with van der Waals surface area (Å²) in [6, 6.07) is 3.83. The standard InChI is InChI=1S/C10H9F3N4O3S/c11-10(12,13)20-7-1-3-8(4-2-7)21(18,19)16-5-9-14-6-15-17-9/h1-4,6,16H,5H2,(H,14,15,17). The number of nitrogens with one attached hydrogen (secondary N) is 2. The van der Waals surface area contributed by atoms with Crippen LogP contribution in [0.5, 0.6) is 5.75 Å². The molecule has 2 rings (SSSR count). The Morgan fingerprint density at radius 1 is 1.24 bits per heavy atom. The number of ether oxygens (including phenoxy) is 1.